The molecule has 2 aromatic heterocycles. The summed E-state index contributed by atoms with van der Waals surface area (Å²) in [6, 6.07) is 17.7. The second kappa shape index (κ2) is 6.52. The number of aryl methyl sites for hydroxylation is 1. The van der Waals surface area contributed by atoms with Crippen molar-refractivity contribution in [2.75, 3.05) is 5.32 Å². The van der Waals surface area contributed by atoms with Crippen LogP contribution < -0.4 is 5.32 Å². The Bertz CT molecular complexity index is 1090. The second-order valence-corrected chi connectivity index (χ2v) is 6.20. The quantitative estimate of drug-likeness (QED) is 0.559. The minimum atomic E-state index is -0.256. The highest BCUT2D eigenvalue weighted by molar-refractivity contribution is 5.80. The third-order valence-electron chi connectivity index (χ3n) is 4.34. The first-order valence-electron chi connectivity index (χ1n) is 8.38. The highest BCUT2D eigenvalue weighted by atomic mass is 19.1. The van der Waals surface area contributed by atoms with E-state index in [4.69, 9.17) is 0 Å². The van der Waals surface area contributed by atoms with Gasteiger partial charge < -0.3 is 10.4 Å². The van der Waals surface area contributed by atoms with Crippen LogP contribution in [0, 0.1) is 12.7 Å². The number of rotatable bonds is 4. The molecule has 0 aliphatic heterocycles. The molecule has 0 fully saturated rings. The molecule has 26 heavy (non-hydrogen) atoms. The topological polar surface area (TPSA) is 49.6 Å². The van der Waals surface area contributed by atoms with Crippen LogP contribution in [-0.4, -0.2) is 14.5 Å². The van der Waals surface area contributed by atoms with Crippen LogP contribution in [0.4, 0.5) is 10.2 Å². The van der Waals surface area contributed by atoms with Gasteiger partial charge >= 0.3 is 0 Å². The molecule has 4 aromatic rings. The van der Waals surface area contributed by atoms with Crippen molar-refractivity contribution >= 4 is 11.5 Å². The molecule has 0 saturated heterocycles. The van der Waals surface area contributed by atoms with Crippen LogP contribution in [0.1, 0.15) is 11.1 Å². The zero-order valence-corrected chi connectivity index (χ0v) is 14.3. The highest BCUT2D eigenvalue weighted by Gasteiger charge is 2.17. The van der Waals surface area contributed by atoms with Gasteiger partial charge in [-0.05, 0) is 42.8 Å². The maximum absolute atomic E-state index is 14.0. The molecule has 0 bridgehead atoms. The molecular weight excluding hydrogens is 329 g/mol. The first-order valence-corrected chi connectivity index (χ1v) is 8.38. The van der Waals surface area contributed by atoms with Gasteiger partial charge in [0.15, 0.2) is 0 Å². The van der Waals surface area contributed by atoms with E-state index in [2.05, 4.69) is 10.3 Å². The molecule has 0 unspecified atom stereocenters. The normalized spacial score (nSPS) is 11.0. The molecule has 0 aliphatic carbocycles. The summed E-state index contributed by atoms with van der Waals surface area (Å²) in [4.78, 5) is 4.69. The number of hydrogen-bond acceptors (Lipinski definition) is 3. The van der Waals surface area contributed by atoms with Gasteiger partial charge in [-0.15, -0.1) is 0 Å². The molecule has 2 N–H and O–H groups in total. The Labute approximate surface area is 150 Å². The van der Waals surface area contributed by atoms with Crippen molar-refractivity contribution in [1.82, 2.24) is 9.38 Å². The Morgan fingerprint density at radius 2 is 1.85 bits per heavy atom. The maximum atomic E-state index is 14.0. The van der Waals surface area contributed by atoms with Crippen molar-refractivity contribution in [2.24, 2.45) is 0 Å². The number of aromatic hydroxyl groups is 1. The predicted molar refractivity (Wildman–Crippen MR) is 101 cm³/mol. The van der Waals surface area contributed by atoms with Gasteiger partial charge in [-0.25, -0.2) is 9.37 Å². The summed E-state index contributed by atoms with van der Waals surface area (Å²) in [5.74, 6) is 0.611. The number of nitrogens with one attached hydrogen (secondary N) is 1. The molecule has 4 nitrogen and oxygen atoms in total. The first kappa shape index (κ1) is 16.1. The number of para-hydroxylation sites is 1. The summed E-state index contributed by atoms with van der Waals surface area (Å²) in [6.45, 7) is 2.32. The maximum Gasteiger partial charge on any atom is 0.139 e. The van der Waals surface area contributed by atoms with Crippen molar-refractivity contribution in [2.45, 2.75) is 13.5 Å². The second-order valence-electron chi connectivity index (χ2n) is 6.20. The molecule has 5 heteroatoms. The number of fused-ring (bicyclic) bond motifs is 1. The Morgan fingerprint density at radius 3 is 2.65 bits per heavy atom. The van der Waals surface area contributed by atoms with E-state index >= 15 is 0 Å². The van der Waals surface area contributed by atoms with Crippen molar-refractivity contribution in [1.29, 1.82) is 0 Å². The number of aromatic nitrogens is 2. The first-order chi connectivity index (χ1) is 12.6. The molecule has 0 radical (unpaired) electrons. The molecule has 0 atom stereocenters. The average molecular weight is 347 g/mol. The van der Waals surface area contributed by atoms with Crippen molar-refractivity contribution in [3.8, 4) is 17.0 Å². The van der Waals surface area contributed by atoms with Crippen LogP contribution in [0.5, 0.6) is 5.75 Å². The molecule has 130 valence electrons. The fraction of sp³-hybridized carbons (Fsp3) is 0.0952. The van der Waals surface area contributed by atoms with Gasteiger partial charge in [0.25, 0.3) is 0 Å². The van der Waals surface area contributed by atoms with Gasteiger partial charge in [0.05, 0.1) is 0 Å². The van der Waals surface area contributed by atoms with Crippen LogP contribution >= 0.6 is 0 Å². The zero-order chi connectivity index (χ0) is 18.1. The predicted octanol–water partition coefficient (Wildman–Crippen LogP) is 4.77. The van der Waals surface area contributed by atoms with Crippen LogP contribution in [0.3, 0.4) is 0 Å². The van der Waals surface area contributed by atoms with E-state index in [9.17, 15) is 9.50 Å². The molecule has 0 amide bonds. The van der Waals surface area contributed by atoms with Gasteiger partial charge in [0, 0.05) is 23.9 Å². The Balaban J connectivity index is 1.82. The van der Waals surface area contributed by atoms with Crippen molar-refractivity contribution < 1.29 is 9.50 Å². The fourth-order valence-electron chi connectivity index (χ4n) is 3.00. The Morgan fingerprint density at radius 1 is 1.08 bits per heavy atom. The lowest BCUT2D eigenvalue weighted by atomic mass is 10.1. The minimum Gasteiger partial charge on any atom is -0.507 e. The number of phenolic OH excluding ortho intramolecular Hbond substituents is 1. The Kier molecular flexibility index (Phi) is 4.05. The molecule has 2 heterocycles. The van der Waals surface area contributed by atoms with Crippen LogP contribution in [-0.2, 0) is 6.54 Å². The third kappa shape index (κ3) is 2.88. The molecular formula is C21H18FN3O. The van der Waals surface area contributed by atoms with Crippen LogP contribution in [0.2, 0.25) is 0 Å². The number of anilines is 1. The van der Waals surface area contributed by atoms with Gasteiger partial charge in [-0.2, -0.15) is 0 Å². The average Bonchev–Trinajstić information content (AvgIpc) is 2.98. The van der Waals surface area contributed by atoms with E-state index in [0.29, 0.717) is 29.2 Å². The standard InChI is InChI=1S/C21H18FN3O/c1-14-10-11-25-19(12-14)24-20(16-7-3-5-9-18(16)26)21(25)23-13-15-6-2-4-8-17(15)22/h2-12,23,26H,13H2,1H3. The summed E-state index contributed by atoms with van der Waals surface area (Å²) in [7, 11) is 0. The number of pyridine rings is 1. The third-order valence-corrected chi connectivity index (χ3v) is 4.34. The van der Waals surface area contributed by atoms with Gasteiger partial charge in [-0.1, -0.05) is 30.3 Å². The van der Waals surface area contributed by atoms with Gasteiger partial charge in [0.2, 0.25) is 0 Å². The van der Waals surface area contributed by atoms with Gasteiger partial charge in [-0.3, -0.25) is 4.40 Å². The highest BCUT2D eigenvalue weighted by Crippen LogP contribution is 2.34. The van der Waals surface area contributed by atoms with Crippen LogP contribution in [0.25, 0.3) is 16.9 Å². The number of nitrogens with zero attached hydrogens (tertiary/aromatic N) is 2. The van der Waals surface area contributed by atoms with E-state index < -0.39 is 0 Å². The van der Waals surface area contributed by atoms with Crippen molar-refractivity contribution in [3.63, 3.8) is 0 Å². The molecule has 4 rings (SSSR count). The minimum absolute atomic E-state index is 0.154. The fourth-order valence-corrected chi connectivity index (χ4v) is 3.00. The van der Waals surface area contributed by atoms with Crippen LogP contribution in [0.15, 0.2) is 66.9 Å². The van der Waals surface area contributed by atoms with E-state index in [1.807, 2.05) is 47.9 Å². The SMILES string of the molecule is Cc1ccn2c(NCc3ccccc3F)c(-c3ccccc3O)nc2c1. The summed E-state index contributed by atoms with van der Waals surface area (Å²) in [5.41, 5.74) is 3.68. The lowest BCUT2D eigenvalue weighted by Crippen LogP contribution is -2.05. The zero-order valence-electron chi connectivity index (χ0n) is 14.3. The summed E-state index contributed by atoms with van der Waals surface area (Å²) >= 11 is 0. The number of imidazole rings is 1. The summed E-state index contributed by atoms with van der Waals surface area (Å²) in [6.07, 6.45) is 1.92. The molecule has 0 aliphatic rings. The van der Waals surface area contributed by atoms with Crippen molar-refractivity contribution in [3.05, 3.63) is 83.8 Å². The number of phenols is 1. The smallest absolute Gasteiger partial charge is 0.139 e. The number of benzene rings is 2. The molecule has 0 spiro atoms. The largest absolute Gasteiger partial charge is 0.507 e. The monoisotopic (exact) mass is 347 g/mol. The van der Waals surface area contributed by atoms with E-state index in [1.165, 1.54) is 6.07 Å². The summed E-state index contributed by atoms with van der Waals surface area (Å²) in [5, 5.41) is 13.5. The lowest BCUT2D eigenvalue weighted by molar-refractivity contribution is 0.477. The number of halogens is 1. The molecule has 2 aromatic carbocycles. The Hall–Kier alpha value is -3.34. The molecule has 0 saturated carbocycles. The van der Waals surface area contributed by atoms with E-state index in [-0.39, 0.29) is 11.6 Å². The van der Waals surface area contributed by atoms with E-state index in [0.717, 1.165) is 11.2 Å². The summed E-state index contributed by atoms with van der Waals surface area (Å²) < 4.78 is 15.9. The van der Waals surface area contributed by atoms with E-state index in [1.54, 1.807) is 24.3 Å². The lowest BCUT2D eigenvalue weighted by Gasteiger charge is -2.10. The number of hydrogen-bond donors (Lipinski definition) is 2. The van der Waals surface area contributed by atoms with Gasteiger partial charge in [0.1, 0.15) is 28.7 Å².